The monoisotopic (exact) mass is 335 g/mol. The highest BCUT2D eigenvalue weighted by molar-refractivity contribution is 8.00. The Hall–Kier alpha value is -2.05. The Morgan fingerprint density at radius 3 is 2.43 bits per heavy atom. The molecule has 1 N–H and O–H groups in total. The number of rotatable bonds is 7. The number of hydrogen-bond acceptors (Lipinski definition) is 4. The molecule has 0 saturated carbocycles. The second kappa shape index (κ2) is 8.55. The predicted molar refractivity (Wildman–Crippen MR) is 87.6 cm³/mol. The molecule has 0 aliphatic heterocycles. The lowest BCUT2D eigenvalue weighted by Crippen LogP contribution is -2.30. The van der Waals surface area contributed by atoms with Crippen molar-refractivity contribution in [1.29, 1.82) is 0 Å². The van der Waals surface area contributed by atoms with Gasteiger partial charge in [-0.05, 0) is 48.9 Å². The topological polar surface area (TPSA) is 47.6 Å². The molecule has 0 aromatic heterocycles. The quantitative estimate of drug-likeness (QED) is 0.621. The number of benzene rings is 2. The summed E-state index contributed by atoms with van der Waals surface area (Å²) < 4.78 is 17.9. The van der Waals surface area contributed by atoms with E-state index in [0.717, 1.165) is 16.2 Å². The first kappa shape index (κ1) is 17.3. The van der Waals surface area contributed by atoms with Gasteiger partial charge in [0.2, 0.25) is 0 Å². The van der Waals surface area contributed by atoms with Crippen LogP contribution in [0.4, 0.5) is 4.39 Å². The molecule has 2 aromatic rings. The highest BCUT2D eigenvalue weighted by atomic mass is 32.2. The van der Waals surface area contributed by atoms with Gasteiger partial charge in [-0.25, -0.2) is 9.87 Å². The van der Waals surface area contributed by atoms with Crippen molar-refractivity contribution >= 4 is 17.7 Å². The fourth-order valence-corrected chi connectivity index (χ4v) is 2.62. The maximum Gasteiger partial charge on any atom is 0.256 e. The van der Waals surface area contributed by atoms with Gasteiger partial charge in [0.25, 0.3) is 5.91 Å². The molecule has 1 unspecified atom stereocenters. The molecule has 0 bridgehead atoms. The van der Waals surface area contributed by atoms with Gasteiger partial charge in [-0.1, -0.05) is 12.1 Å². The van der Waals surface area contributed by atoms with Crippen LogP contribution in [0.1, 0.15) is 12.5 Å². The van der Waals surface area contributed by atoms with Crippen LogP contribution < -0.4 is 10.2 Å². The van der Waals surface area contributed by atoms with Gasteiger partial charge in [0.05, 0.1) is 19.0 Å². The van der Waals surface area contributed by atoms with E-state index in [-0.39, 0.29) is 23.6 Å². The molecule has 0 aliphatic rings. The fourth-order valence-electron chi connectivity index (χ4n) is 1.77. The molecule has 122 valence electrons. The molecular weight excluding hydrogens is 317 g/mol. The number of thioether (sulfide) groups is 1. The van der Waals surface area contributed by atoms with Gasteiger partial charge in [0.15, 0.2) is 0 Å². The van der Waals surface area contributed by atoms with Crippen molar-refractivity contribution in [3.8, 4) is 5.75 Å². The van der Waals surface area contributed by atoms with E-state index in [2.05, 4.69) is 5.48 Å². The number of carbonyl (C=O) groups is 1. The minimum absolute atomic E-state index is 0.243. The Morgan fingerprint density at radius 1 is 1.17 bits per heavy atom. The Morgan fingerprint density at radius 2 is 1.83 bits per heavy atom. The zero-order valence-corrected chi connectivity index (χ0v) is 13.7. The van der Waals surface area contributed by atoms with Crippen LogP contribution in [0, 0.1) is 5.82 Å². The molecule has 0 saturated heterocycles. The number of ether oxygens (including phenoxy) is 1. The third kappa shape index (κ3) is 5.58. The smallest absolute Gasteiger partial charge is 0.256 e. The Balaban J connectivity index is 1.75. The van der Waals surface area contributed by atoms with Crippen LogP contribution in [0.5, 0.6) is 5.75 Å². The summed E-state index contributed by atoms with van der Waals surface area (Å²) in [7, 11) is 1.60. The number of carbonyl (C=O) groups excluding carboxylic acids is 1. The van der Waals surface area contributed by atoms with Crippen molar-refractivity contribution < 1.29 is 18.8 Å². The lowest BCUT2D eigenvalue weighted by Gasteiger charge is -2.12. The standard InChI is InChI=1S/C17H18FNO3S/c1-12(23-16-9-5-14(18)6-10-16)17(20)19-22-11-13-3-7-15(21-2)8-4-13/h3-10,12H,11H2,1-2H3,(H,19,20). The molecule has 2 aromatic carbocycles. The van der Waals surface area contributed by atoms with E-state index in [1.54, 1.807) is 26.2 Å². The average Bonchev–Trinajstić information content (AvgIpc) is 2.57. The predicted octanol–water partition coefficient (Wildman–Crippen LogP) is 3.56. The van der Waals surface area contributed by atoms with E-state index < -0.39 is 0 Å². The van der Waals surface area contributed by atoms with Crippen LogP contribution in [-0.4, -0.2) is 18.3 Å². The van der Waals surface area contributed by atoms with Gasteiger partial charge in [0, 0.05) is 4.90 Å². The molecule has 1 atom stereocenters. The average molecular weight is 335 g/mol. The van der Waals surface area contributed by atoms with Gasteiger partial charge < -0.3 is 4.74 Å². The Labute approximate surface area is 138 Å². The number of hydroxylamine groups is 1. The van der Waals surface area contributed by atoms with E-state index in [1.807, 2.05) is 24.3 Å². The van der Waals surface area contributed by atoms with E-state index in [4.69, 9.17) is 9.57 Å². The summed E-state index contributed by atoms with van der Waals surface area (Å²) >= 11 is 1.34. The van der Waals surface area contributed by atoms with Gasteiger partial charge in [-0.15, -0.1) is 11.8 Å². The van der Waals surface area contributed by atoms with Crippen LogP contribution >= 0.6 is 11.8 Å². The summed E-state index contributed by atoms with van der Waals surface area (Å²) in [6.07, 6.45) is 0. The van der Waals surface area contributed by atoms with Crippen LogP contribution in [0.25, 0.3) is 0 Å². The van der Waals surface area contributed by atoms with Crippen molar-refractivity contribution in [3.63, 3.8) is 0 Å². The number of amides is 1. The summed E-state index contributed by atoms with van der Waals surface area (Å²) in [6, 6.07) is 13.4. The van der Waals surface area contributed by atoms with Crippen molar-refractivity contribution in [2.75, 3.05) is 7.11 Å². The number of nitrogens with one attached hydrogen (secondary N) is 1. The second-order valence-electron chi connectivity index (χ2n) is 4.82. The summed E-state index contributed by atoms with van der Waals surface area (Å²) in [4.78, 5) is 18.0. The second-order valence-corrected chi connectivity index (χ2v) is 6.23. The van der Waals surface area contributed by atoms with E-state index >= 15 is 0 Å². The molecule has 0 radical (unpaired) electrons. The van der Waals surface area contributed by atoms with Crippen molar-refractivity contribution in [2.45, 2.75) is 23.7 Å². The molecule has 6 heteroatoms. The summed E-state index contributed by atoms with van der Waals surface area (Å²) in [6.45, 7) is 2.03. The molecule has 0 aliphatic carbocycles. The maximum absolute atomic E-state index is 12.8. The van der Waals surface area contributed by atoms with Crippen LogP contribution in [0.15, 0.2) is 53.4 Å². The van der Waals surface area contributed by atoms with Crippen LogP contribution in [0.3, 0.4) is 0 Å². The minimum Gasteiger partial charge on any atom is -0.497 e. The summed E-state index contributed by atoms with van der Waals surface area (Å²) in [5.41, 5.74) is 3.35. The van der Waals surface area contributed by atoms with Crippen molar-refractivity contribution in [3.05, 3.63) is 59.9 Å². The third-order valence-electron chi connectivity index (χ3n) is 3.07. The fraction of sp³-hybridized carbons (Fsp3) is 0.235. The largest absolute Gasteiger partial charge is 0.497 e. The molecule has 23 heavy (non-hydrogen) atoms. The van der Waals surface area contributed by atoms with E-state index in [0.29, 0.717) is 0 Å². The zero-order chi connectivity index (χ0) is 16.7. The molecule has 0 fully saturated rings. The van der Waals surface area contributed by atoms with E-state index in [9.17, 15) is 9.18 Å². The molecule has 4 nitrogen and oxygen atoms in total. The summed E-state index contributed by atoms with van der Waals surface area (Å²) in [5.74, 6) is 0.226. The molecule has 0 heterocycles. The first-order chi connectivity index (χ1) is 11.1. The van der Waals surface area contributed by atoms with Crippen LogP contribution in [0.2, 0.25) is 0 Å². The minimum atomic E-state index is -0.351. The highest BCUT2D eigenvalue weighted by Crippen LogP contribution is 2.23. The third-order valence-corrected chi connectivity index (χ3v) is 4.18. The van der Waals surface area contributed by atoms with Crippen molar-refractivity contribution in [2.24, 2.45) is 0 Å². The number of methoxy groups -OCH3 is 1. The Bertz CT molecular complexity index is 631. The normalized spacial score (nSPS) is 11.8. The summed E-state index contributed by atoms with van der Waals surface area (Å²) in [5, 5.41) is -0.351. The van der Waals surface area contributed by atoms with Gasteiger partial charge in [-0.2, -0.15) is 0 Å². The first-order valence-electron chi connectivity index (χ1n) is 7.05. The SMILES string of the molecule is COc1ccc(CONC(=O)C(C)Sc2ccc(F)cc2)cc1. The lowest BCUT2D eigenvalue weighted by molar-refractivity contribution is -0.133. The number of halogens is 1. The van der Waals surface area contributed by atoms with Crippen molar-refractivity contribution in [1.82, 2.24) is 5.48 Å². The molecule has 0 spiro atoms. The highest BCUT2D eigenvalue weighted by Gasteiger charge is 2.14. The van der Waals surface area contributed by atoms with Gasteiger partial charge in [0.1, 0.15) is 11.6 Å². The number of hydrogen-bond donors (Lipinski definition) is 1. The molecule has 1 amide bonds. The van der Waals surface area contributed by atoms with Gasteiger partial charge >= 0.3 is 0 Å². The van der Waals surface area contributed by atoms with E-state index in [1.165, 1.54) is 23.9 Å². The Kier molecular flexibility index (Phi) is 6.43. The zero-order valence-electron chi connectivity index (χ0n) is 12.9. The van der Waals surface area contributed by atoms with Crippen LogP contribution in [-0.2, 0) is 16.2 Å². The lowest BCUT2D eigenvalue weighted by atomic mass is 10.2. The maximum atomic E-state index is 12.8. The molecular formula is C17H18FNO3S. The van der Waals surface area contributed by atoms with Gasteiger partial charge in [-0.3, -0.25) is 9.63 Å². The molecule has 2 rings (SSSR count). The first-order valence-corrected chi connectivity index (χ1v) is 7.93.